The summed E-state index contributed by atoms with van der Waals surface area (Å²) in [6.45, 7) is 4.79. The zero-order valence-electron chi connectivity index (χ0n) is 8.50. The molecule has 0 saturated heterocycles. The van der Waals surface area contributed by atoms with Crippen molar-refractivity contribution in [2.45, 2.75) is 20.4 Å². The van der Waals surface area contributed by atoms with Crippen LogP contribution in [0.3, 0.4) is 0 Å². The minimum atomic E-state index is -0.124. The average molecular weight is 197 g/mol. The third-order valence-corrected chi connectivity index (χ3v) is 1.69. The van der Waals surface area contributed by atoms with Gasteiger partial charge >= 0.3 is 0 Å². The molecule has 78 valence electrons. The van der Waals surface area contributed by atoms with Crippen molar-refractivity contribution in [2.75, 3.05) is 13.2 Å². The molecule has 0 spiro atoms. The highest BCUT2D eigenvalue weighted by Crippen LogP contribution is 2.05. The lowest BCUT2D eigenvalue weighted by Crippen LogP contribution is -2.26. The maximum absolute atomic E-state index is 11.1. The zero-order valence-corrected chi connectivity index (χ0v) is 8.50. The molecule has 0 saturated carbocycles. The number of hydrogen-bond acceptors (Lipinski definition) is 3. The molecule has 4 heteroatoms. The molecule has 4 nitrogen and oxygen atoms in total. The molecule has 0 aromatic carbocycles. The molecular weight excluding hydrogens is 182 g/mol. The van der Waals surface area contributed by atoms with Gasteiger partial charge in [0.15, 0.2) is 0 Å². The molecule has 1 N–H and O–H groups in total. The van der Waals surface area contributed by atoms with Gasteiger partial charge in [0.05, 0.1) is 6.54 Å². The fourth-order valence-corrected chi connectivity index (χ4v) is 1.01. The topological polar surface area (TPSA) is 51.5 Å². The van der Waals surface area contributed by atoms with Crippen LogP contribution >= 0.6 is 0 Å². The van der Waals surface area contributed by atoms with Gasteiger partial charge in [-0.3, -0.25) is 4.79 Å². The molecule has 0 bridgehead atoms. The Balaban J connectivity index is 2.23. The van der Waals surface area contributed by atoms with Crippen molar-refractivity contribution < 1.29 is 13.9 Å². The minimum absolute atomic E-state index is 0.107. The Kier molecular flexibility index (Phi) is 4.19. The summed E-state index contributed by atoms with van der Waals surface area (Å²) in [5.74, 6) is 1.48. The first-order chi connectivity index (χ1) is 6.72. The summed E-state index contributed by atoms with van der Waals surface area (Å²) in [6, 6.07) is 3.71. The number of ether oxygens (including phenoxy) is 1. The zero-order chi connectivity index (χ0) is 10.4. The second-order valence-electron chi connectivity index (χ2n) is 2.93. The number of aryl methyl sites for hydroxylation is 1. The van der Waals surface area contributed by atoms with E-state index in [-0.39, 0.29) is 12.5 Å². The molecule has 1 amide bonds. The molecule has 0 atom stereocenters. The molecule has 1 aromatic heterocycles. The predicted octanol–water partition coefficient (Wildman–Crippen LogP) is 1.24. The van der Waals surface area contributed by atoms with Gasteiger partial charge in [0.25, 0.3) is 0 Å². The number of hydrogen-bond donors (Lipinski definition) is 1. The van der Waals surface area contributed by atoms with Gasteiger partial charge < -0.3 is 14.5 Å². The monoisotopic (exact) mass is 197 g/mol. The van der Waals surface area contributed by atoms with E-state index >= 15 is 0 Å². The van der Waals surface area contributed by atoms with Gasteiger partial charge in [0.2, 0.25) is 5.91 Å². The van der Waals surface area contributed by atoms with E-state index in [1.54, 1.807) is 0 Å². The SMILES string of the molecule is CCOCC(=O)NCc1ccc(C)o1. The third kappa shape index (κ3) is 3.62. The maximum Gasteiger partial charge on any atom is 0.246 e. The highest BCUT2D eigenvalue weighted by atomic mass is 16.5. The molecule has 1 aromatic rings. The second kappa shape index (κ2) is 5.44. The van der Waals surface area contributed by atoms with Crippen LogP contribution in [-0.4, -0.2) is 19.1 Å². The standard InChI is InChI=1S/C10H15NO3/c1-3-13-7-10(12)11-6-9-5-4-8(2)14-9/h4-5H,3,6-7H2,1-2H3,(H,11,12). The molecular formula is C10H15NO3. The Hall–Kier alpha value is -1.29. The van der Waals surface area contributed by atoms with E-state index in [0.717, 1.165) is 11.5 Å². The summed E-state index contributed by atoms with van der Waals surface area (Å²) in [4.78, 5) is 11.1. The highest BCUT2D eigenvalue weighted by molar-refractivity contribution is 5.77. The number of carbonyl (C=O) groups excluding carboxylic acids is 1. The van der Waals surface area contributed by atoms with E-state index in [1.807, 2.05) is 26.0 Å². The Bertz CT molecular complexity index is 293. The van der Waals surface area contributed by atoms with E-state index in [2.05, 4.69) is 5.32 Å². The third-order valence-electron chi connectivity index (χ3n) is 1.69. The Morgan fingerprint density at radius 2 is 2.36 bits per heavy atom. The van der Waals surface area contributed by atoms with Crippen LogP contribution in [0, 0.1) is 6.92 Å². The van der Waals surface area contributed by atoms with Crippen molar-refractivity contribution >= 4 is 5.91 Å². The fourth-order valence-electron chi connectivity index (χ4n) is 1.01. The van der Waals surface area contributed by atoms with Crippen molar-refractivity contribution in [2.24, 2.45) is 0 Å². The molecule has 0 unspecified atom stereocenters. The van der Waals surface area contributed by atoms with Crippen LogP contribution in [0.4, 0.5) is 0 Å². The van der Waals surface area contributed by atoms with Crippen LogP contribution in [0.15, 0.2) is 16.5 Å². The van der Waals surface area contributed by atoms with Crippen LogP contribution in [0.1, 0.15) is 18.4 Å². The van der Waals surface area contributed by atoms with Gasteiger partial charge in [-0.05, 0) is 26.0 Å². The normalized spacial score (nSPS) is 10.1. The molecule has 0 aliphatic heterocycles. The van der Waals surface area contributed by atoms with Gasteiger partial charge in [-0.15, -0.1) is 0 Å². The van der Waals surface area contributed by atoms with Crippen LogP contribution in [0.25, 0.3) is 0 Å². The first kappa shape index (κ1) is 10.8. The highest BCUT2D eigenvalue weighted by Gasteiger charge is 2.02. The lowest BCUT2D eigenvalue weighted by atomic mass is 10.4. The van der Waals surface area contributed by atoms with Gasteiger partial charge in [-0.2, -0.15) is 0 Å². The molecule has 0 radical (unpaired) electrons. The molecule has 0 fully saturated rings. The van der Waals surface area contributed by atoms with E-state index in [0.29, 0.717) is 13.2 Å². The van der Waals surface area contributed by atoms with E-state index < -0.39 is 0 Å². The van der Waals surface area contributed by atoms with Crippen LogP contribution < -0.4 is 5.32 Å². The molecule has 14 heavy (non-hydrogen) atoms. The number of nitrogens with one attached hydrogen (secondary N) is 1. The minimum Gasteiger partial charge on any atom is -0.465 e. The Morgan fingerprint density at radius 3 is 2.93 bits per heavy atom. The van der Waals surface area contributed by atoms with Crippen molar-refractivity contribution in [3.63, 3.8) is 0 Å². The van der Waals surface area contributed by atoms with E-state index in [9.17, 15) is 4.79 Å². The summed E-state index contributed by atoms with van der Waals surface area (Å²) in [7, 11) is 0. The summed E-state index contributed by atoms with van der Waals surface area (Å²) >= 11 is 0. The van der Waals surface area contributed by atoms with Crippen LogP contribution in [-0.2, 0) is 16.1 Å². The first-order valence-corrected chi connectivity index (χ1v) is 4.62. The van der Waals surface area contributed by atoms with Crippen molar-refractivity contribution in [3.8, 4) is 0 Å². The van der Waals surface area contributed by atoms with E-state index in [4.69, 9.17) is 9.15 Å². The summed E-state index contributed by atoms with van der Waals surface area (Å²) in [5.41, 5.74) is 0. The second-order valence-corrected chi connectivity index (χ2v) is 2.93. The Labute approximate surface area is 83.2 Å². The molecule has 1 heterocycles. The van der Waals surface area contributed by atoms with Gasteiger partial charge in [0.1, 0.15) is 18.1 Å². The summed E-state index contributed by atoms with van der Waals surface area (Å²) in [5, 5.41) is 2.69. The van der Waals surface area contributed by atoms with Crippen molar-refractivity contribution in [3.05, 3.63) is 23.7 Å². The fraction of sp³-hybridized carbons (Fsp3) is 0.500. The predicted molar refractivity (Wildman–Crippen MR) is 51.8 cm³/mol. The van der Waals surface area contributed by atoms with Crippen LogP contribution in [0.2, 0.25) is 0 Å². The number of rotatable bonds is 5. The maximum atomic E-state index is 11.1. The Morgan fingerprint density at radius 1 is 1.57 bits per heavy atom. The number of amides is 1. The number of furan rings is 1. The first-order valence-electron chi connectivity index (χ1n) is 4.62. The molecule has 1 rings (SSSR count). The van der Waals surface area contributed by atoms with E-state index in [1.165, 1.54) is 0 Å². The smallest absolute Gasteiger partial charge is 0.246 e. The summed E-state index contributed by atoms with van der Waals surface area (Å²) in [6.07, 6.45) is 0. The largest absolute Gasteiger partial charge is 0.465 e. The molecule has 0 aliphatic rings. The van der Waals surface area contributed by atoms with Gasteiger partial charge in [0, 0.05) is 6.61 Å². The lowest BCUT2D eigenvalue weighted by molar-refractivity contribution is -0.125. The van der Waals surface area contributed by atoms with Gasteiger partial charge in [-0.1, -0.05) is 0 Å². The van der Waals surface area contributed by atoms with Crippen LogP contribution in [0.5, 0.6) is 0 Å². The lowest BCUT2D eigenvalue weighted by Gasteiger charge is -2.02. The van der Waals surface area contributed by atoms with Crippen molar-refractivity contribution in [1.29, 1.82) is 0 Å². The van der Waals surface area contributed by atoms with Gasteiger partial charge in [-0.25, -0.2) is 0 Å². The van der Waals surface area contributed by atoms with Crippen molar-refractivity contribution in [1.82, 2.24) is 5.32 Å². The summed E-state index contributed by atoms with van der Waals surface area (Å²) < 4.78 is 10.2. The number of carbonyl (C=O) groups is 1. The average Bonchev–Trinajstić information content (AvgIpc) is 2.58. The molecule has 0 aliphatic carbocycles. The quantitative estimate of drug-likeness (QED) is 0.772.